The first-order chi connectivity index (χ1) is 11.7. The van der Waals surface area contributed by atoms with Crippen LogP contribution in [0.25, 0.3) is 10.8 Å². The molecule has 0 heterocycles. The van der Waals surface area contributed by atoms with Gasteiger partial charge in [-0.1, -0.05) is 56.5 Å². The normalized spacial score (nSPS) is 30.2. The number of benzene rings is 2. The van der Waals surface area contributed by atoms with Crippen LogP contribution >= 0.6 is 0 Å². The fourth-order valence-corrected chi connectivity index (χ4v) is 5.48. The van der Waals surface area contributed by atoms with Gasteiger partial charge in [-0.05, 0) is 72.8 Å². The summed E-state index contributed by atoms with van der Waals surface area (Å²) >= 11 is 0. The summed E-state index contributed by atoms with van der Waals surface area (Å²) in [5.74, 6) is 3.32. The molecule has 4 unspecified atom stereocenters. The molecule has 2 aromatic rings. The fourth-order valence-electron chi connectivity index (χ4n) is 5.48. The highest BCUT2D eigenvalue weighted by Gasteiger charge is 2.35. The molecule has 4 rings (SSSR count). The molecule has 0 saturated heterocycles. The summed E-state index contributed by atoms with van der Waals surface area (Å²) in [5, 5.41) is 1.82. The second-order valence-electron chi connectivity index (χ2n) is 8.22. The molecule has 128 valence electrons. The second kappa shape index (κ2) is 6.86. The van der Waals surface area contributed by atoms with Gasteiger partial charge in [0.1, 0.15) is 5.82 Å². The minimum Gasteiger partial charge on any atom is -0.206 e. The number of halogens is 1. The largest absolute Gasteiger partial charge is 0.206 e. The molecular weight excluding hydrogens is 295 g/mol. The van der Waals surface area contributed by atoms with Crippen molar-refractivity contribution in [3.05, 3.63) is 47.8 Å². The molecule has 0 radical (unpaired) electrons. The summed E-state index contributed by atoms with van der Waals surface area (Å²) in [6.07, 6.45) is 10.9. The highest BCUT2D eigenvalue weighted by atomic mass is 19.1. The van der Waals surface area contributed by atoms with E-state index in [9.17, 15) is 4.39 Å². The van der Waals surface area contributed by atoms with Crippen molar-refractivity contribution in [2.75, 3.05) is 0 Å². The standard InChI is InChI=1S/C23H29F/c1-2-5-16-8-9-18-13-19(11-10-17(18)12-16)21-14-20-6-3-4-7-22(20)23(24)15-21/h3-4,6-7,14-19H,2,5,8-13H2,1H3. The number of rotatable bonds is 3. The number of hydrogen-bond donors (Lipinski definition) is 0. The SMILES string of the molecule is CCCC1CCC2CC(c3cc(F)c4ccccc4c3)CCC2C1. The van der Waals surface area contributed by atoms with Crippen molar-refractivity contribution in [3.63, 3.8) is 0 Å². The maximum Gasteiger partial charge on any atom is 0.131 e. The summed E-state index contributed by atoms with van der Waals surface area (Å²) in [4.78, 5) is 0. The van der Waals surface area contributed by atoms with Crippen LogP contribution in [0.5, 0.6) is 0 Å². The molecule has 0 aliphatic heterocycles. The topological polar surface area (TPSA) is 0 Å². The van der Waals surface area contributed by atoms with E-state index in [1.165, 1.54) is 56.9 Å². The van der Waals surface area contributed by atoms with Gasteiger partial charge in [0.25, 0.3) is 0 Å². The molecule has 4 atom stereocenters. The molecule has 2 aromatic carbocycles. The van der Waals surface area contributed by atoms with Crippen molar-refractivity contribution in [1.82, 2.24) is 0 Å². The molecular formula is C23H29F. The van der Waals surface area contributed by atoms with E-state index in [1.54, 1.807) is 0 Å². The summed E-state index contributed by atoms with van der Waals surface area (Å²) in [6.45, 7) is 2.32. The van der Waals surface area contributed by atoms with Crippen LogP contribution in [0.4, 0.5) is 4.39 Å². The van der Waals surface area contributed by atoms with E-state index in [1.807, 2.05) is 30.3 Å². The van der Waals surface area contributed by atoms with Crippen molar-refractivity contribution in [1.29, 1.82) is 0 Å². The van der Waals surface area contributed by atoms with Crippen molar-refractivity contribution >= 4 is 10.8 Å². The molecule has 1 heteroatoms. The van der Waals surface area contributed by atoms with Crippen molar-refractivity contribution in [2.45, 2.75) is 64.2 Å². The summed E-state index contributed by atoms with van der Waals surface area (Å²) in [5.41, 5.74) is 1.24. The van der Waals surface area contributed by atoms with Crippen molar-refractivity contribution in [3.8, 4) is 0 Å². The Hall–Kier alpha value is -1.37. The van der Waals surface area contributed by atoms with Crippen LogP contribution in [-0.2, 0) is 0 Å². The van der Waals surface area contributed by atoms with Crippen LogP contribution in [0.15, 0.2) is 36.4 Å². The lowest BCUT2D eigenvalue weighted by molar-refractivity contribution is 0.114. The molecule has 0 aromatic heterocycles. The Kier molecular flexibility index (Phi) is 4.61. The van der Waals surface area contributed by atoms with Gasteiger partial charge in [-0.3, -0.25) is 0 Å². The zero-order chi connectivity index (χ0) is 16.5. The quantitative estimate of drug-likeness (QED) is 0.566. The molecule has 0 nitrogen and oxygen atoms in total. The van der Waals surface area contributed by atoms with Crippen LogP contribution < -0.4 is 0 Å². The Morgan fingerprint density at radius 3 is 2.62 bits per heavy atom. The van der Waals surface area contributed by atoms with Gasteiger partial charge < -0.3 is 0 Å². The van der Waals surface area contributed by atoms with Gasteiger partial charge >= 0.3 is 0 Å². The summed E-state index contributed by atoms with van der Waals surface area (Å²) in [7, 11) is 0. The van der Waals surface area contributed by atoms with Gasteiger partial charge in [-0.2, -0.15) is 0 Å². The summed E-state index contributed by atoms with van der Waals surface area (Å²) in [6, 6.07) is 11.9. The molecule has 2 aliphatic carbocycles. The first-order valence-corrected chi connectivity index (χ1v) is 9.92. The van der Waals surface area contributed by atoms with Crippen molar-refractivity contribution in [2.24, 2.45) is 17.8 Å². The molecule has 24 heavy (non-hydrogen) atoms. The zero-order valence-electron chi connectivity index (χ0n) is 14.8. The Balaban J connectivity index is 1.51. The molecule has 0 amide bonds. The van der Waals surface area contributed by atoms with Crippen LogP contribution in [0.1, 0.15) is 69.8 Å². The van der Waals surface area contributed by atoms with Gasteiger partial charge in [0.15, 0.2) is 0 Å². The molecule has 0 N–H and O–H groups in total. The third kappa shape index (κ3) is 3.10. The lowest BCUT2D eigenvalue weighted by Crippen LogP contribution is -2.30. The maximum absolute atomic E-state index is 14.5. The third-order valence-corrected chi connectivity index (χ3v) is 6.72. The molecule has 2 fully saturated rings. The lowest BCUT2D eigenvalue weighted by Gasteiger charge is -2.42. The van der Waals surface area contributed by atoms with Crippen LogP contribution in [0, 0.1) is 23.6 Å². The van der Waals surface area contributed by atoms with Crippen LogP contribution in [-0.4, -0.2) is 0 Å². The third-order valence-electron chi connectivity index (χ3n) is 6.72. The lowest BCUT2D eigenvalue weighted by atomic mass is 9.63. The van der Waals surface area contributed by atoms with E-state index in [-0.39, 0.29) is 5.82 Å². The Labute approximate surface area is 145 Å². The first-order valence-electron chi connectivity index (χ1n) is 9.92. The van der Waals surface area contributed by atoms with Gasteiger partial charge in [-0.25, -0.2) is 4.39 Å². The van der Waals surface area contributed by atoms with E-state index in [4.69, 9.17) is 0 Å². The molecule has 2 saturated carbocycles. The van der Waals surface area contributed by atoms with E-state index >= 15 is 0 Å². The second-order valence-corrected chi connectivity index (χ2v) is 8.22. The van der Waals surface area contributed by atoms with E-state index in [0.29, 0.717) is 5.92 Å². The monoisotopic (exact) mass is 324 g/mol. The Bertz CT molecular complexity index is 704. The summed E-state index contributed by atoms with van der Waals surface area (Å²) < 4.78 is 14.5. The Morgan fingerprint density at radius 1 is 0.958 bits per heavy atom. The minimum atomic E-state index is -0.0446. The van der Waals surface area contributed by atoms with Gasteiger partial charge in [0, 0.05) is 5.39 Å². The van der Waals surface area contributed by atoms with Crippen LogP contribution in [0.3, 0.4) is 0 Å². The average Bonchev–Trinajstić information content (AvgIpc) is 2.61. The average molecular weight is 324 g/mol. The molecule has 0 bridgehead atoms. The first kappa shape index (κ1) is 16.1. The minimum absolute atomic E-state index is 0.0446. The van der Waals surface area contributed by atoms with Crippen LogP contribution in [0.2, 0.25) is 0 Å². The highest BCUT2D eigenvalue weighted by Crippen LogP contribution is 2.48. The van der Waals surface area contributed by atoms with E-state index in [2.05, 4.69) is 13.0 Å². The van der Waals surface area contributed by atoms with E-state index < -0.39 is 0 Å². The van der Waals surface area contributed by atoms with Gasteiger partial charge in [0.05, 0.1) is 0 Å². The Morgan fingerprint density at radius 2 is 1.75 bits per heavy atom. The number of fused-ring (bicyclic) bond motifs is 2. The molecule has 0 spiro atoms. The van der Waals surface area contributed by atoms with E-state index in [0.717, 1.165) is 28.5 Å². The maximum atomic E-state index is 14.5. The smallest absolute Gasteiger partial charge is 0.131 e. The van der Waals surface area contributed by atoms with Gasteiger partial charge in [-0.15, -0.1) is 0 Å². The highest BCUT2D eigenvalue weighted by molar-refractivity contribution is 5.83. The molecule has 2 aliphatic rings. The predicted molar refractivity (Wildman–Crippen MR) is 99.7 cm³/mol. The van der Waals surface area contributed by atoms with Gasteiger partial charge in [0.2, 0.25) is 0 Å². The predicted octanol–water partition coefficient (Wildman–Crippen LogP) is 7.08. The zero-order valence-corrected chi connectivity index (χ0v) is 14.8. The van der Waals surface area contributed by atoms with Crippen molar-refractivity contribution < 1.29 is 4.39 Å². The number of hydrogen-bond acceptors (Lipinski definition) is 0. The fraction of sp³-hybridized carbons (Fsp3) is 0.565.